The van der Waals surface area contributed by atoms with Crippen LogP contribution in [-0.2, 0) is 11.3 Å². The summed E-state index contributed by atoms with van der Waals surface area (Å²) in [5, 5.41) is 11.1. The molecule has 2 aromatic rings. The molecule has 2 aliphatic heterocycles. The number of benzene rings is 2. The number of nitro benzene ring substituents is 1. The van der Waals surface area contributed by atoms with E-state index in [1.54, 1.807) is 12.1 Å². The third kappa shape index (κ3) is 4.28. The molecule has 0 aliphatic carbocycles. The van der Waals surface area contributed by atoms with Gasteiger partial charge >= 0.3 is 0 Å². The Balaban J connectivity index is 1.64. The molecule has 9 heteroatoms. The molecule has 0 aromatic heterocycles. The molecule has 2 aliphatic rings. The molecule has 0 bridgehead atoms. The topological polar surface area (TPSA) is 83.8 Å². The maximum absolute atomic E-state index is 13.0. The molecule has 0 atom stereocenters. The molecule has 2 amide bonds. The van der Waals surface area contributed by atoms with E-state index in [1.165, 1.54) is 18.2 Å². The lowest BCUT2D eigenvalue weighted by atomic mass is 9.88. The average molecular weight is 484 g/mol. The summed E-state index contributed by atoms with van der Waals surface area (Å²) in [5.74, 6) is -0.448. The number of hydrogen-bond donors (Lipinski definition) is 0. The predicted octanol–water partition coefficient (Wildman–Crippen LogP) is 6.12. The number of hydrogen-bond acceptors (Lipinski definition) is 6. The second kappa shape index (κ2) is 8.35. The van der Waals surface area contributed by atoms with Crippen molar-refractivity contribution < 1.29 is 14.5 Å². The third-order valence-corrected chi connectivity index (χ3v) is 7.19. The van der Waals surface area contributed by atoms with Crippen LogP contribution in [0.5, 0.6) is 0 Å². The van der Waals surface area contributed by atoms with Crippen LogP contribution in [0.1, 0.15) is 37.5 Å². The monoisotopic (exact) mass is 483 g/mol. The number of fused-ring (bicyclic) bond motifs is 1. The van der Waals surface area contributed by atoms with Gasteiger partial charge in [-0.1, -0.05) is 29.8 Å². The lowest BCUT2D eigenvalue weighted by Crippen LogP contribution is -2.42. The summed E-state index contributed by atoms with van der Waals surface area (Å²) in [5.41, 5.74) is 4.04. The fraction of sp³-hybridized carbons (Fsp3) is 0.250. The normalized spacial score (nSPS) is 18.6. The Hall–Kier alpha value is -3.10. The number of nitro groups is 1. The Morgan fingerprint density at radius 1 is 1.21 bits per heavy atom. The van der Waals surface area contributed by atoms with Crippen LogP contribution in [-0.4, -0.2) is 33.6 Å². The highest BCUT2D eigenvalue weighted by Gasteiger charge is 2.36. The van der Waals surface area contributed by atoms with Gasteiger partial charge in [0.15, 0.2) is 0 Å². The summed E-state index contributed by atoms with van der Waals surface area (Å²) in [6.45, 7) is 6.25. The highest BCUT2D eigenvalue weighted by molar-refractivity contribution is 8.18. The second-order valence-corrected chi connectivity index (χ2v) is 10.0. The maximum atomic E-state index is 13.0. The molecule has 7 nitrogen and oxygen atoms in total. The van der Waals surface area contributed by atoms with Gasteiger partial charge in [0.2, 0.25) is 0 Å². The molecule has 2 heterocycles. The summed E-state index contributed by atoms with van der Waals surface area (Å²) in [6.07, 6.45) is 3.81. The highest BCUT2D eigenvalue weighted by Crippen LogP contribution is 2.42. The van der Waals surface area contributed by atoms with E-state index in [0.717, 1.165) is 33.5 Å². The number of likely N-dealkylation sites (N-methyl/N-ethyl adjacent to an activating group) is 1. The number of halogens is 1. The summed E-state index contributed by atoms with van der Waals surface area (Å²) in [6, 6.07) is 9.72. The molecule has 33 heavy (non-hydrogen) atoms. The smallest absolute Gasteiger partial charge is 0.293 e. The van der Waals surface area contributed by atoms with Crippen molar-refractivity contribution in [1.82, 2.24) is 4.90 Å². The van der Waals surface area contributed by atoms with Crippen LogP contribution in [0.3, 0.4) is 0 Å². The molecule has 1 fully saturated rings. The van der Waals surface area contributed by atoms with Gasteiger partial charge in [0.05, 0.1) is 21.9 Å². The minimum absolute atomic E-state index is 0.0384. The largest absolute Gasteiger partial charge is 0.365 e. The number of allylic oxidation sites excluding steroid dienone is 1. The zero-order valence-corrected chi connectivity index (χ0v) is 20.2. The van der Waals surface area contributed by atoms with Gasteiger partial charge in [-0.3, -0.25) is 24.6 Å². The lowest BCUT2D eigenvalue weighted by molar-refractivity contribution is -0.384. The van der Waals surface area contributed by atoms with Gasteiger partial charge in [-0.25, -0.2) is 0 Å². The molecule has 170 valence electrons. The molecule has 0 saturated carbocycles. The first-order valence-electron chi connectivity index (χ1n) is 10.2. The van der Waals surface area contributed by atoms with Crippen molar-refractivity contribution >= 4 is 57.5 Å². The van der Waals surface area contributed by atoms with Crippen LogP contribution in [0, 0.1) is 10.1 Å². The van der Waals surface area contributed by atoms with Gasteiger partial charge < -0.3 is 4.90 Å². The summed E-state index contributed by atoms with van der Waals surface area (Å²) >= 11 is 7.40. The fourth-order valence-corrected chi connectivity index (χ4v) is 5.07. The van der Waals surface area contributed by atoms with Crippen molar-refractivity contribution in [2.75, 3.05) is 11.9 Å². The maximum Gasteiger partial charge on any atom is 0.293 e. The third-order valence-electron chi connectivity index (χ3n) is 5.96. The van der Waals surface area contributed by atoms with Crippen molar-refractivity contribution in [3.05, 3.63) is 79.2 Å². The van der Waals surface area contributed by atoms with Crippen molar-refractivity contribution in [3.8, 4) is 0 Å². The second-order valence-electron chi connectivity index (χ2n) is 8.63. The number of amides is 2. The Morgan fingerprint density at radius 3 is 2.64 bits per heavy atom. The Morgan fingerprint density at radius 2 is 1.94 bits per heavy atom. The number of nitrogens with zero attached hydrogens (tertiary/aromatic N) is 3. The number of imide groups is 1. The van der Waals surface area contributed by atoms with Gasteiger partial charge in [0, 0.05) is 35.5 Å². The zero-order valence-electron chi connectivity index (χ0n) is 18.6. The molecule has 0 radical (unpaired) electrons. The van der Waals surface area contributed by atoms with Crippen molar-refractivity contribution in [1.29, 1.82) is 0 Å². The van der Waals surface area contributed by atoms with E-state index < -0.39 is 16.1 Å². The SMILES string of the molecule is CC1=CC(C)(C)N(C)c2cc(Cl)c(/C=C3\SC(=O)N(Cc4cccc([N+](=O)[O-])c4)C3=O)cc21. The number of thioether (sulfide) groups is 1. The number of carbonyl (C=O) groups excluding carboxylic acids is 2. The first-order valence-corrected chi connectivity index (χ1v) is 11.4. The quantitative estimate of drug-likeness (QED) is 0.296. The van der Waals surface area contributed by atoms with Crippen molar-refractivity contribution in [2.24, 2.45) is 0 Å². The van der Waals surface area contributed by atoms with Crippen LogP contribution in [0.25, 0.3) is 11.6 Å². The van der Waals surface area contributed by atoms with Crippen LogP contribution in [0.2, 0.25) is 5.02 Å². The number of rotatable bonds is 4. The summed E-state index contributed by atoms with van der Waals surface area (Å²) < 4.78 is 0. The summed E-state index contributed by atoms with van der Waals surface area (Å²) in [4.78, 5) is 39.5. The van der Waals surface area contributed by atoms with Gasteiger partial charge in [-0.15, -0.1) is 0 Å². The molecular formula is C24H22ClN3O4S. The molecular weight excluding hydrogens is 462 g/mol. The Labute approximate surface area is 200 Å². The molecule has 2 aromatic carbocycles. The van der Waals surface area contributed by atoms with E-state index in [0.29, 0.717) is 16.1 Å². The van der Waals surface area contributed by atoms with Gasteiger partial charge in [-0.05, 0) is 67.4 Å². The number of anilines is 1. The average Bonchev–Trinajstić information content (AvgIpc) is 3.00. The van der Waals surface area contributed by atoms with Crippen LogP contribution in [0.15, 0.2) is 47.4 Å². The Kier molecular flexibility index (Phi) is 5.84. The standard InChI is InChI=1S/C24H22ClN3O4S/c1-14-12-24(2,3)26(4)20-11-19(25)16(9-18(14)20)10-21-22(29)27(23(30)33-21)13-15-6-5-7-17(8-15)28(31)32/h5-12H,13H2,1-4H3/b21-10-. The van der Waals surface area contributed by atoms with Crippen molar-refractivity contribution in [2.45, 2.75) is 32.9 Å². The van der Waals surface area contributed by atoms with Crippen LogP contribution >= 0.6 is 23.4 Å². The van der Waals surface area contributed by atoms with E-state index in [1.807, 2.05) is 26.1 Å². The van der Waals surface area contributed by atoms with Gasteiger partial charge in [0.25, 0.3) is 16.8 Å². The molecule has 1 saturated heterocycles. The molecule has 0 spiro atoms. The summed E-state index contributed by atoms with van der Waals surface area (Å²) in [7, 11) is 2.01. The van der Waals surface area contributed by atoms with E-state index in [-0.39, 0.29) is 22.7 Å². The number of non-ortho nitro benzene ring substituents is 1. The minimum Gasteiger partial charge on any atom is -0.365 e. The van der Waals surface area contributed by atoms with E-state index in [9.17, 15) is 19.7 Å². The fourth-order valence-electron chi connectivity index (χ4n) is 4.03. The van der Waals surface area contributed by atoms with Gasteiger partial charge in [-0.2, -0.15) is 0 Å². The Bertz CT molecular complexity index is 1270. The van der Waals surface area contributed by atoms with Crippen LogP contribution < -0.4 is 4.90 Å². The number of carbonyl (C=O) groups is 2. The van der Waals surface area contributed by atoms with Crippen molar-refractivity contribution in [3.63, 3.8) is 0 Å². The first kappa shape index (κ1) is 23.1. The van der Waals surface area contributed by atoms with E-state index in [4.69, 9.17) is 11.6 Å². The highest BCUT2D eigenvalue weighted by atomic mass is 35.5. The first-order chi connectivity index (χ1) is 15.5. The van der Waals surface area contributed by atoms with Gasteiger partial charge in [0.1, 0.15) is 0 Å². The molecule has 0 N–H and O–H groups in total. The van der Waals surface area contributed by atoms with E-state index in [2.05, 4.69) is 24.8 Å². The zero-order chi connectivity index (χ0) is 24.1. The van der Waals surface area contributed by atoms with Crippen LogP contribution in [0.4, 0.5) is 16.2 Å². The van der Waals surface area contributed by atoms with E-state index >= 15 is 0 Å². The lowest BCUT2D eigenvalue weighted by Gasteiger charge is -2.40. The predicted molar refractivity (Wildman–Crippen MR) is 132 cm³/mol. The minimum atomic E-state index is -0.510. The molecule has 4 rings (SSSR count). The molecule has 0 unspecified atom stereocenters.